The largest absolute Gasteiger partial charge is 0.373 e. The third-order valence-electron chi connectivity index (χ3n) is 3.84. The maximum Gasteiger partial charge on any atom is 0.128 e. The first-order valence-corrected chi connectivity index (χ1v) is 6.68. The molecule has 1 aromatic heterocycles. The molecule has 0 radical (unpaired) electrons. The van der Waals surface area contributed by atoms with Gasteiger partial charge in [0.05, 0.1) is 0 Å². The van der Waals surface area contributed by atoms with Gasteiger partial charge in [0.25, 0.3) is 0 Å². The van der Waals surface area contributed by atoms with E-state index >= 15 is 0 Å². The highest BCUT2D eigenvalue weighted by Crippen LogP contribution is 2.29. The fraction of sp³-hybridized carbons (Fsp3) is 0.643. The molecule has 94 valence electrons. The second-order valence-corrected chi connectivity index (χ2v) is 5.06. The second-order valence-electron chi connectivity index (χ2n) is 5.06. The molecule has 0 amide bonds. The summed E-state index contributed by atoms with van der Waals surface area (Å²) in [6.45, 7) is 3.43. The maximum absolute atomic E-state index is 4.48. The minimum Gasteiger partial charge on any atom is -0.373 e. The molecule has 3 nitrogen and oxygen atoms in total. The lowest BCUT2D eigenvalue weighted by Gasteiger charge is -2.29. The lowest BCUT2D eigenvalue weighted by molar-refractivity contribution is 0.268. The van der Waals surface area contributed by atoms with E-state index < -0.39 is 0 Å². The maximum atomic E-state index is 4.48. The average molecular weight is 233 g/mol. The van der Waals surface area contributed by atoms with Crippen molar-refractivity contribution in [3.05, 3.63) is 18.2 Å². The molecule has 1 saturated carbocycles. The Labute approximate surface area is 104 Å². The van der Waals surface area contributed by atoms with E-state index in [1.54, 1.807) is 0 Å². The van der Waals surface area contributed by atoms with E-state index in [9.17, 15) is 0 Å². The summed E-state index contributed by atoms with van der Waals surface area (Å²) in [7, 11) is 1.90. The summed E-state index contributed by atoms with van der Waals surface area (Å²) in [6, 6.07) is 6.05. The van der Waals surface area contributed by atoms with Crippen LogP contribution in [0.3, 0.4) is 0 Å². The van der Waals surface area contributed by atoms with Crippen molar-refractivity contribution < 1.29 is 0 Å². The highest BCUT2D eigenvalue weighted by Gasteiger charge is 2.20. The van der Waals surface area contributed by atoms with Crippen LogP contribution >= 0.6 is 0 Å². The first-order chi connectivity index (χ1) is 8.29. The fourth-order valence-corrected chi connectivity index (χ4v) is 2.60. The van der Waals surface area contributed by atoms with Gasteiger partial charge in [-0.3, -0.25) is 0 Å². The Morgan fingerprint density at radius 3 is 2.76 bits per heavy atom. The summed E-state index contributed by atoms with van der Waals surface area (Å²) in [5, 5.41) is 6.53. The third kappa shape index (κ3) is 3.35. The first-order valence-electron chi connectivity index (χ1n) is 6.68. The van der Waals surface area contributed by atoms with Crippen molar-refractivity contribution in [2.24, 2.45) is 11.8 Å². The minimum absolute atomic E-state index is 0.809. The highest BCUT2D eigenvalue weighted by molar-refractivity contribution is 5.44. The van der Waals surface area contributed by atoms with E-state index in [2.05, 4.69) is 22.5 Å². The van der Waals surface area contributed by atoms with Crippen LogP contribution in [-0.2, 0) is 0 Å². The van der Waals surface area contributed by atoms with E-state index in [1.165, 1.54) is 25.7 Å². The topological polar surface area (TPSA) is 37.0 Å². The van der Waals surface area contributed by atoms with Crippen molar-refractivity contribution in [1.82, 2.24) is 4.98 Å². The first kappa shape index (κ1) is 12.2. The van der Waals surface area contributed by atoms with E-state index in [0.29, 0.717) is 0 Å². The lowest BCUT2D eigenvalue weighted by Crippen LogP contribution is -2.24. The van der Waals surface area contributed by atoms with Crippen LogP contribution in [0.1, 0.15) is 32.6 Å². The van der Waals surface area contributed by atoms with E-state index in [-0.39, 0.29) is 0 Å². The van der Waals surface area contributed by atoms with Gasteiger partial charge in [-0.2, -0.15) is 0 Å². The van der Waals surface area contributed by atoms with Gasteiger partial charge in [-0.25, -0.2) is 4.98 Å². The van der Waals surface area contributed by atoms with Crippen LogP contribution < -0.4 is 10.6 Å². The van der Waals surface area contributed by atoms with Crippen LogP contribution in [0.25, 0.3) is 0 Å². The Hall–Kier alpha value is -1.25. The predicted octanol–water partition coefficient (Wildman–Crippen LogP) is 3.36. The molecule has 0 aliphatic heterocycles. The Morgan fingerprint density at radius 2 is 2.00 bits per heavy atom. The van der Waals surface area contributed by atoms with Gasteiger partial charge in [0.1, 0.15) is 11.6 Å². The Balaban J connectivity index is 1.88. The molecule has 1 aliphatic carbocycles. The van der Waals surface area contributed by atoms with Crippen LogP contribution in [0.5, 0.6) is 0 Å². The fourth-order valence-electron chi connectivity index (χ4n) is 2.60. The quantitative estimate of drug-likeness (QED) is 0.837. The molecule has 2 N–H and O–H groups in total. The number of anilines is 2. The Bertz CT molecular complexity index is 351. The van der Waals surface area contributed by atoms with Crippen LogP contribution in [0, 0.1) is 11.8 Å². The zero-order chi connectivity index (χ0) is 12.1. The van der Waals surface area contributed by atoms with Gasteiger partial charge in [0, 0.05) is 13.6 Å². The standard InChI is InChI=1S/C14H23N3/c1-11-6-3-4-7-12(11)10-16-14-9-5-8-13(15-2)17-14/h5,8-9,11-12H,3-4,6-7,10H2,1-2H3,(H2,15,16,17). The third-order valence-corrected chi connectivity index (χ3v) is 3.84. The van der Waals surface area contributed by atoms with E-state index in [0.717, 1.165) is 30.0 Å². The smallest absolute Gasteiger partial charge is 0.128 e. The molecule has 17 heavy (non-hydrogen) atoms. The molecule has 0 saturated heterocycles. The summed E-state index contributed by atoms with van der Waals surface area (Å²) in [5.41, 5.74) is 0. The minimum atomic E-state index is 0.809. The number of rotatable bonds is 4. The van der Waals surface area contributed by atoms with Gasteiger partial charge < -0.3 is 10.6 Å². The molecule has 2 rings (SSSR count). The molecule has 1 heterocycles. The molecule has 2 atom stereocenters. The SMILES string of the molecule is CNc1cccc(NCC2CCCCC2C)n1. The number of hydrogen-bond acceptors (Lipinski definition) is 3. The summed E-state index contributed by atoms with van der Waals surface area (Å²) < 4.78 is 0. The Kier molecular flexibility index (Phi) is 4.24. The molecular formula is C14H23N3. The molecule has 1 fully saturated rings. The Morgan fingerprint density at radius 1 is 1.24 bits per heavy atom. The molecule has 0 bridgehead atoms. The summed E-state index contributed by atoms with van der Waals surface area (Å²) >= 11 is 0. The van der Waals surface area contributed by atoms with Crippen LogP contribution in [-0.4, -0.2) is 18.6 Å². The van der Waals surface area contributed by atoms with Crippen LogP contribution in [0.15, 0.2) is 18.2 Å². The zero-order valence-electron chi connectivity index (χ0n) is 10.9. The molecular weight excluding hydrogens is 210 g/mol. The molecule has 2 unspecified atom stereocenters. The predicted molar refractivity (Wildman–Crippen MR) is 73.4 cm³/mol. The highest BCUT2D eigenvalue weighted by atomic mass is 15.0. The zero-order valence-corrected chi connectivity index (χ0v) is 10.9. The van der Waals surface area contributed by atoms with Crippen molar-refractivity contribution >= 4 is 11.6 Å². The van der Waals surface area contributed by atoms with Crippen molar-refractivity contribution in [3.63, 3.8) is 0 Å². The molecule has 3 heteroatoms. The molecule has 1 aromatic rings. The van der Waals surface area contributed by atoms with Crippen molar-refractivity contribution in [2.75, 3.05) is 24.2 Å². The molecule has 1 aliphatic rings. The normalized spacial score (nSPS) is 24.4. The number of nitrogens with zero attached hydrogens (tertiary/aromatic N) is 1. The van der Waals surface area contributed by atoms with Gasteiger partial charge in [-0.1, -0.05) is 32.3 Å². The van der Waals surface area contributed by atoms with Gasteiger partial charge in [0.15, 0.2) is 0 Å². The van der Waals surface area contributed by atoms with Crippen molar-refractivity contribution in [1.29, 1.82) is 0 Å². The monoisotopic (exact) mass is 233 g/mol. The summed E-state index contributed by atoms with van der Waals surface area (Å²) in [4.78, 5) is 4.48. The summed E-state index contributed by atoms with van der Waals surface area (Å²) in [5.74, 6) is 3.56. The van der Waals surface area contributed by atoms with E-state index in [1.807, 2.05) is 25.2 Å². The second kappa shape index (κ2) is 5.89. The van der Waals surface area contributed by atoms with Crippen LogP contribution in [0.4, 0.5) is 11.6 Å². The number of nitrogens with one attached hydrogen (secondary N) is 2. The van der Waals surface area contributed by atoms with Crippen LogP contribution in [0.2, 0.25) is 0 Å². The van der Waals surface area contributed by atoms with Gasteiger partial charge >= 0.3 is 0 Å². The number of pyridine rings is 1. The molecule has 0 aromatic carbocycles. The van der Waals surface area contributed by atoms with Gasteiger partial charge in [-0.15, -0.1) is 0 Å². The van der Waals surface area contributed by atoms with Crippen molar-refractivity contribution in [3.8, 4) is 0 Å². The van der Waals surface area contributed by atoms with Gasteiger partial charge in [-0.05, 0) is 30.4 Å². The average Bonchev–Trinajstić information content (AvgIpc) is 2.38. The van der Waals surface area contributed by atoms with Crippen molar-refractivity contribution in [2.45, 2.75) is 32.6 Å². The lowest BCUT2D eigenvalue weighted by atomic mass is 9.80. The van der Waals surface area contributed by atoms with E-state index in [4.69, 9.17) is 0 Å². The number of hydrogen-bond donors (Lipinski definition) is 2. The number of aromatic nitrogens is 1. The molecule has 0 spiro atoms. The van der Waals surface area contributed by atoms with Gasteiger partial charge in [0.2, 0.25) is 0 Å². The summed E-state index contributed by atoms with van der Waals surface area (Å²) in [6.07, 6.45) is 5.54.